The van der Waals surface area contributed by atoms with E-state index in [1.54, 1.807) is 116 Å². The SMILES string of the molecule is CCCCCC1CCC(CC2CCC(CC3CCC(CCCC)CC3)(C3CCCCC3)CC2)CC1. The van der Waals surface area contributed by atoms with Crippen molar-refractivity contribution in [1.82, 2.24) is 0 Å². The van der Waals surface area contributed by atoms with Crippen molar-refractivity contribution in [2.45, 2.75) is 181 Å². The molecule has 4 rings (SSSR count). The summed E-state index contributed by atoms with van der Waals surface area (Å²) < 4.78 is 0. The van der Waals surface area contributed by atoms with Gasteiger partial charge in [0.2, 0.25) is 0 Å². The van der Waals surface area contributed by atoms with Gasteiger partial charge < -0.3 is 0 Å². The van der Waals surface area contributed by atoms with Crippen molar-refractivity contribution in [3.8, 4) is 0 Å². The van der Waals surface area contributed by atoms with Crippen molar-refractivity contribution in [2.24, 2.45) is 40.9 Å². The molecule has 0 heteroatoms. The molecule has 0 bridgehead atoms. The summed E-state index contributed by atoms with van der Waals surface area (Å²) in [5.74, 6) is 6.50. The average molecular weight is 485 g/mol. The van der Waals surface area contributed by atoms with Gasteiger partial charge in [-0.15, -0.1) is 0 Å². The number of hydrogen-bond donors (Lipinski definition) is 0. The summed E-state index contributed by atoms with van der Waals surface area (Å²) in [7, 11) is 0. The van der Waals surface area contributed by atoms with Crippen molar-refractivity contribution in [3.63, 3.8) is 0 Å². The lowest BCUT2D eigenvalue weighted by Crippen LogP contribution is -2.39. The van der Waals surface area contributed by atoms with Gasteiger partial charge in [0.15, 0.2) is 0 Å². The van der Waals surface area contributed by atoms with Crippen LogP contribution >= 0.6 is 0 Å². The molecule has 0 atom stereocenters. The normalized spacial score (nSPS) is 37.4. The molecule has 0 aliphatic heterocycles. The first-order valence-electron chi connectivity index (χ1n) is 17.2. The molecule has 0 heterocycles. The molecule has 4 aliphatic rings. The summed E-state index contributed by atoms with van der Waals surface area (Å²) in [5.41, 5.74) is 0.759. The van der Waals surface area contributed by atoms with Crippen LogP contribution in [0.15, 0.2) is 0 Å². The van der Waals surface area contributed by atoms with Crippen LogP contribution in [0.1, 0.15) is 181 Å². The van der Waals surface area contributed by atoms with Gasteiger partial charge in [-0.25, -0.2) is 0 Å². The standard InChI is InChI=1S/C35H64/c1-3-5-8-12-30-15-19-31(20-16-30)27-32-23-25-35(26-24-32,34-13-9-7-10-14-34)28-33-21-17-29(18-22-33)11-6-4-2/h29-34H,3-28H2,1-2H3. The highest BCUT2D eigenvalue weighted by atomic mass is 14.5. The molecule has 0 nitrogen and oxygen atoms in total. The Hall–Kier alpha value is 0. The molecule has 204 valence electrons. The second-order valence-corrected chi connectivity index (χ2v) is 14.5. The lowest BCUT2D eigenvalue weighted by atomic mass is 9.55. The van der Waals surface area contributed by atoms with E-state index in [2.05, 4.69) is 13.8 Å². The van der Waals surface area contributed by atoms with E-state index in [1.165, 1.54) is 51.4 Å². The molecule has 0 aromatic rings. The van der Waals surface area contributed by atoms with Crippen molar-refractivity contribution < 1.29 is 0 Å². The van der Waals surface area contributed by atoms with Crippen molar-refractivity contribution in [3.05, 3.63) is 0 Å². The number of rotatable bonds is 12. The first-order chi connectivity index (χ1) is 17.2. The Morgan fingerprint density at radius 3 is 1.60 bits per heavy atom. The second-order valence-electron chi connectivity index (χ2n) is 14.5. The Kier molecular flexibility index (Phi) is 11.9. The van der Waals surface area contributed by atoms with Crippen LogP contribution in [0, 0.1) is 40.9 Å². The molecule has 0 unspecified atom stereocenters. The Bertz CT molecular complexity index is 532. The number of hydrogen-bond acceptors (Lipinski definition) is 0. The Morgan fingerprint density at radius 2 is 1.00 bits per heavy atom. The molecule has 35 heavy (non-hydrogen) atoms. The van der Waals surface area contributed by atoms with Crippen LogP contribution in [0.25, 0.3) is 0 Å². The van der Waals surface area contributed by atoms with Gasteiger partial charge in [0.05, 0.1) is 0 Å². The predicted octanol–water partition coefficient (Wildman–Crippen LogP) is 11.9. The minimum Gasteiger partial charge on any atom is -0.0654 e. The Morgan fingerprint density at radius 1 is 0.486 bits per heavy atom. The lowest BCUT2D eigenvalue weighted by molar-refractivity contribution is 0.0102. The van der Waals surface area contributed by atoms with Gasteiger partial charge >= 0.3 is 0 Å². The molecule has 4 saturated carbocycles. The summed E-state index contributed by atoms with van der Waals surface area (Å²) in [6.45, 7) is 4.72. The maximum Gasteiger partial charge on any atom is -0.0266 e. The molecule has 4 fully saturated rings. The van der Waals surface area contributed by atoms with Crippen LogP contribution < -0.4 is 0 Å². The van der Waals surface area contributed by atoms with E-state index in [-0.39, 0.29) is 0 Å². The summed E-state index contributed by atoms with van der Waals surface area (Å²) in [6, 6.07) is 0. The zero-order chi connectivity index (χ0) is 24.3. The van der Waals surface area contributed by atoms with Gasteiger partial charge in [-0.2, -0.15) is 0 Å². The molecular weight excluding hydrogens is 420 g/mol. The third-order valence-electron chi connectivity index (χ3n) is 12.0. The quantitative estimate of drug-likeness (QED) is 0.241. The van der Waals surface area contributed by atoms with Crippen molar-refractivity contribution in [1.29, 1.82) is 0 Å². The van der Waals surface area contributed by atoms with E-state index >= 15 is 0 Å². The highest BCUT2D eigenvalue weighted by Crippen LogP contribution is 2.55. The first kappa shape index (κ1) is 28.0. The van der Waals surface area contributed by atoms with E-state index in [0.717, 1.165) is 40.9 Å². The van der Waals surface area contributed by atoms with Gasteiger partial charge in [0.1, 0.15) is 0 Å². The van der Waals surface area contributed by atoms with Crippen LogP contribution in [0.3, 0.4) is 0 Å². The lowest BCUT2D eigenvalue weighted by Gasteiger charge is -2.50. The Balaban J connectivity index is 1.24. The molecular formula is C35H64. The fourth-order valence-electron chi connectivity index (χ4n) is 9.68. The van der Waals surface area contributed by atoms with Crippen LogP contribution in [0.5, 0.6) is 0 Å². The summed E-state index contributed by atoms with van der Waals surface area (Å²) in [4.78, 5) is 0. The summed E-state index contributed by atoms with van der Waals surface area (Å²) in [5, 5.41) is 0. The van der Waals surface area contributed by atoms with Crippen LogP contribution in [0.2, 0.25) is 0 Å². The fraction of sp³-hybridized carbons (Fsp3) is 1.00. The van der Waals surface area contributed by atoms with Gasteiger partial charge in [-0.1, -0.05) is 129 Å². The van der Waals surface area contributed by atoms with E-state index in [9.17, 15) is 0 Å². The molecule has 0 spiro atoms. The van der Waals surface area contributed by atoms with Gasteiger partial charge in [0.25, 0.3) is 0 Å². The van der Waals surface area contributed by atoms with E-state index in [4.69, 9.17) is 0 Å². The predicted molar refractivity (Wildman–Crippen MR) is 155 cm³/mol. The maximum atomic E-state index is 2.37. The van der Waals surface area contributed by atoms with E-state index in [1.807, 2.05) is 0 Å². The third-order valence-corrected chi connectivity index (χ3v) is 12.0. The highest BCUT2D eigenvalue weighted by molar-refractivity contribution is 4.95. The smallest absolute Gasteiger partial charge is 0.0266 e. The second kappa shape index (κ2) is 14.8. The zero-order valence-electron chi connectivity index (χ0n) is 24.3. The van der Waals surface area contributed by atoms with Gasteiger partial charge in [0, 0.05) is 0 Å². The Labute approximate surface area is 221 Å². The number of unbranched alkanes of at least 4 members (excludes halogenated alkanes) is 3. The van der Waals surface area contributed by atoms with Gasteiger partial charge in [-0.3, -0.25) is 0 Å². The van der Waals surface area contributed by atoms with Gasteiger partial charge in [-0.05, 0) is 92.3 Å². The van der Waals surface area contributed by atoms with Crippen molar-refractivity contribution in [2.75, 3.05) is 0 Å². The minimum absolute atomic E-state index is 0.759. The molecule has 0 radical (unpaired) electrons. The molecule has 0 N–H and O–H groups in total. The highest BCUT2D eigenvalue weighted by Gasteiger charge is 2.44. The summed E-state index contributed by atoms with van der Waals surface area (Å²) in [6.07, 6.45) is 40.3. The van der Waals surface area contributed by atoms with Crippen LogP contribution in [-0.2, 0) is 0 Å². The zero-order valence-corrected chi connectivity index (χ0v) is 24.3. The molecule has 4 aliphatic carbocycles. The molecule has 0 aromatic carbocycles. The van der Waals surface area contributed by atoms with E-state index in [0.29, 0.717) is 0 Å². The molecule has 0 saturated heterocycles. The first-order valence-corrected chi connectivity index (χ1v) is 17.2. The van der Waals surface area contributed by atoms with E-state index < -0.39 is 0 Å². The molecule has 0 amide bonds. The van der Waals surface area contributed by atoms with Crippen LogP contribution in [-0.4, -0.2) is 0 Å². The summed E-state index contributed by atoms with van der Waals surface area (Å²) >= 11 is 0. The minimum atomic E-state index is 0.759. The van der Waals surface area contributed by atoms with Crippen LogP contribution in [0.4, 0.5) is 0 Å². The van der Waals surface area contributed by atoms with Crippen molar-refractivity contribution >= 4 is 0 Å². The third kappa shape index (κ3) is 8.50. The monoisotopic (exact) mass is 485 g/mol. The topological polar surface area (TPSA) is 0 Å². The fourth-order valence-corrected chi connectivity index (χ4v) is 9.68. The largest absolute Gasteiger partial charge is 0.0654 e. The average Bonchev–Trinajstić information content (AvgIpc) is 2.91. The maximum absolute atomic E-state index is 2.37. The molecule has 0 aromatic heterocycles.